The van der Waals surface area contributed by atoms with Crippen molar-refractivity contribution < 1.29 is 14.5 Å². The summed E-state index contributed by atoms with van der Waals surface area (Å²) in [4.78, 5) is 32.1. The van der Waals surface area contributed by atoms with Gasteiger partial charge in [0.2, 0.25) is 5.13 Å². The Morgan fingerprint density at radius 3 is 2.69 bits per heavy atom. The van der Waals surface area contributed by atoms with Crippen molar-refractivity contribution in [1.29, 1.82) is 0 Å². The molecule has 9 nitrogen and oxygen atoms in total. The Morgan fingerprint density at radius 1 is 1.19 bits per heavy atom. The second-order valence-electron chi connectivity index (χ2n) is 7.56. The minimum atomic E-state index is -0.456. The van der Waals surface area contributed by atoms with Crippen LogP contribution in [-0.2, 0) is 6.42 Å². The van der Waals surface area contributed by atoms with Crippen LogP contribution in [0, 0.1) is 17.0 Å². The molecule has 0 bridgehead atoms. The number of carbonyl (C=O) groups excluding carboxylic acids is 1. The fraction of sp³-hybridized carbons (Fsp3) is 0.318. The molecule has 2 aromatic carbocycles. The predicted octanol–water partition coefficient (Wildman–Crippen LogP) is 3.32. The van der Waals surface area contributed by atoms with E-state index < -0.39 is 4.92 Å². The van der Waals surface area contributed by atoms with Gasteiger partial charge in [-0.1, -0.05) is 18.2 Å². The molecule has 10 heteroatoms. The fourth-order valence-corrected chi connectivity index (χ4v) is 4.37. The van der Waals surface area contributed by atoms with E-state index in [1.54, 1.807) is 31.1 Å². The van der Waals surface area contributed by atoms with Gasteiger partial charge in [-0.05, 0) is 30.7 Å². The number of anilines is 1. The van der Waals surface area contributed by atoms with Gasteiger partial charge in [-0.15, -0.1) is 0 Å². The molecular formula is C22H23N5O4S. The Balaban J connectivity index is 1.37. The van der Waals surface area contributed by atoms with Crippen LogP contribution in [-0.4, -0.2) is 58.4 Å². The molecule has 3 aromatic rings. The van der Waals surface area contributed by atoms with Gasteiger partial charge in [0.1, 0.15) is 11.6 Å². The fourth-order valence-electron chi connectivity index (χ4n) is 3.63. The lowest BCUT2D eigenvalue weighted by Crippen LogP contribution is -2.48. The van der Waals surface area contributed by atoms with Crippen molar-refractivity contribution in [3.8, 4) is 5.75 Å². The Labute approximate surface area is 189 Å². The highest BCUT2D eigenvalue weighted by Crippen LogP contribution is 2.24. The molecule has 1 amide bonds. The number of nitrogens with zero attached hydrogens (tertiary/aromatic N) is 5. The second-order valence-corrected chi connectivity index (χ2v) is 8.29. The van der Waals surface area contributed by atoms with Crippen molar-refractivity contribution >= 4 is 28.3 Å². The Kier molecular flexibility index (Phi) is 6.31. The minimum Gasteiger partial charge on any atom is -0.497 e. The maximum atomic E-state index is 12.8. The summed E-state index contributed by atoms with van der Waals surface area (Å²) >= 11 is 1.35. The van der Waals surface area contributed by atoms with E-state index in [1.807, 2.05) is 24.3 Å². The summed E-state index contributed by atoms with van der Waals surface area (Å²) in [6, 6.07) is 12.5. The number of methoxy groups -OCH3 is 1. The molecule has 1 fully saturated rings. The molecule has 4 rings (SSSR count). The monoisotopic (exact) mass is 453 g/mol. The van der Waals surface area contributed by atoms with Crippen LogP contribution < -0.4 is 9.64 Å². The lowest BCUT2D eigenvalue weighted by molar-refractivity contribution is -0.385. The number of hydrogen-bond donors (Lipinski definition) is 0. The standard InChI is InChI=1S/C22H23N5O4S/c1-15-6-7-17(14-19(15)27(29)30)21(28)25-8-10-26(11-9-25)22-23-20(24-32-22)13-16-4-3-5-18(12-16)31-2/h3-7,12,14H,8-11,13H2,1-2H3. The average molecular weight is 454 g/mol. The number of aryl methyl sites for hydroxylation is 1. The Morgan fingerprint density at radius 2 is 1.97 bits per heavy atom. The molecule has 166 valence electrons. The van der Waals surface area contributed by atoms with Gasteiger partial charge < -0.3 is 14.5 Å². The lowest BCUT2D eigenvalue weighted by Gasteiger charge is -2.34. The molecule has 2 heterocycles. The number of rotatable bonds is 6. The second kappa shape index (κ2) is 9.31. The van der Waals surface area contributed by atoms with Gasteiger partial charge in [-0.2, -0.15) is 4.37 Å². The third-order valence-electron chi connectivity index (χ3n) is 5.44. The van der Waals surface area contributed by atoms with Crippen LogP contribution in [0.4, 0.5) is 10.8 Å². The number of hydrogen-bond acceptors (Lipinski definition) is 8. The average Bonchev–Trinajstić information content (AvgIpc) is 3.27. The van der Waals surface area contributed by atoms with Crippen LogP contribution >= 0.6 is 11.5 Å². The van der Waals surface area contributed by atoms with Crippen LogP contribution in [0.15, 0.2) is 42.5 Å². The minimum absolute atomic E-state index is 0.0353. The van der Waals surface area contributed by atoms with E-state index in [1.165, 1.54) is 17.6 Å². The summed E-state index contributed by atoms with van der Waals surface area (Å²) in [5.41, 5.74) is 1.92. The first-order valence-electron chi connectivity index (χ1n) is 10.2. The van der Waals surface area contributed by atoms with E-state index in [4.69, 9.17) is 4.74 Å². The zero-order chi connectivity index (χ0) is 22.7. The lowest BCUT2D eigenvalue weighted by atomic mass is 10.1. The molecule has 1 aliphatic heterocycles. The van der Waals surface area contributed by atoms with Crippen molar-refractivity contribution in [3.05, 3.63) is 75.1 Å². The molecule has 0 aliphatic carbocycles. The number of benzene rings is 2. The summed E-state index contributed by atoms with van der Waals surface area (Å²) in [7, 11) is 1.64. The van der Waals surface area contributed by atoms with Crippen molar-refractivity contribution in [3.63, 3.8) is 0 Å². The van der Waals surface area contributed by atoms with E-state index in [0.29, 0.717) is 43.7 Å². The first-order valence-corrected chi connectivity index (χ1v) is 11.0. The van der Waals surface area contributed by atoms with Crippen molar-refractivity contribution in [2.75, 3.05) is 38.2 Å². The molecular weight excluding hydrogens is 430 g/mol. The third-order valence-corrected chi connectivity index (χ3v) is 6.26. The summed E-state index contributed by atoms with van der Waals surface area (Å²) in [6.45, 7) is 3.97. The van der Waals surface area contributed by atoms with E-state index in [-0.39, 0.29) is 11.6 Å². The Hall–Kier alpha value is -3.53. The number of amides is 1. The quantitative estimate of drug-likeness (QED) is 0.417. The molecule has 32 heavy (non-hydrogen) atoms. The Bertz CT molecular complexity index is 1140. The largest absolute Gasteiger partial charge is 0.497 e. The predicted molar refractivity (Wildman–Crippen MR) is 122 cm³/mol. The molecule has 0 unspecified atom stereocenters. The summed E-state index contributed by atoms with van der Waals surface area (Å²) in [6.07, 6.45) is 0.623. The molecule has 1 aliphatic rings. The van der Waals surface area contributed by atoms with E-state index in [9.17, 15) is 14.9 Å². The van der Waals surface area contributed by atoms with Gasteiger partial charge >= 0.3 is 0 Å². The van der Waals surface area contributed by atoms with Gasteiger partial charge in [0.25, 0.3) is 11.6 Å². The first-order chi connectivity index (χ1) is 15.4. The topological polar surface area (TPSA) is 102 Å². The zero-order valence-corrected chi connectivity index (χ0v) is 18.7. The molecule has 0 atom stereocenters. The van der Waals surface area contributed by atoms with Crippen LogP contribution in [0.5, 0.6) is 5.75 Å². The van der Waals surface area contributed by atoms with Crippen LogP contribution in [0.1, 0.15) is 27.3 Å². The van der Waals surface area contributed by atoms with Crippen molar-refractivity contribution in [1.82, 2.24) is 14.3 Å². The molecule has 1 aromatic heterocycles. The highest BCUT2D eigenvalue weighted by atomic mass is 32.1. The highest BCUT2D eigenvalue weighted by molar-refractivity contribution is 7.09. The summed E-state index contributed by atoms with van der Waals surface area (Å²) in [5.74, 6) is 1.37. The van der Waals surface area contributed by atoms with E-state index in [2.05, 4.69) is 14.3 Å². The SMILES string of the molecule is COc1cccc(Cc2nsc(N3CCN(C(=O)c4ccc(C)c([N+](=O)[O-])c4)CC3)n2)c1. The normalized spacial score (nSPS) is 13.8. The molecule has 0 saturated carbocycles. The van der Waals surface area contributed by atoms with Gasteiger partial charge in [0.15, 0.2) is 0 Å². The zero-order valence-electron chi connectivity index (χ0n) is 17.9. The molecule has 0 N–H and O–H groups in total. The number of carbonyl (C=O) groups is 1. The number of aromatic nitrogens is 2. The number of nitro groups is 1. The third kappa shape index (κ3) is 4.70. The van der Waals surface area contributed by atoms with E-state index >= 15 is 0 Å². The molecule has 0 radical (unpaired) electrons. The van der Waals surface area contributed by atoms with Crippen molar-refractivity contribution in [2.45, 2.75) is 13.3 Å². The van der Waals surface area contributed by atoms with Crippen LogP contribution in [0.3, 0.4) is 0 Å². The van der Waals surface area contributed by atoms with Gasteiger partial charge in [0.05, 0.1) is 12.0 Å². The molecule has 0 spiro atoms. The van der Waals surface area contributed by atoms with Gasteiger partial charge in [-0.3, -0.25) is 14.9 Å². The van der Waals surface area contributed by atoms with Gasteiger partial charge in [0, 0.05) is 61.3 Å². The number of ether oxygens (including phenoxy) is 1. The summed E-state index contributed by atoms with van der Waals surface area (Å²) in [5, 5.41) is 12.0. The maximum absolute atomic E-state index is 12.8. The summed E-state index contributed by atoms with van der Waals surface area (Å²) < 4.78 is 9.75. The first kappa shape index (κ1) is 21.7. The van der Waals surface area contributed by atoms with Crippen LogP contribution in [0.25, 0.3) is 0 Å². The molecule has 1 saturated heterocycles. The van der Waals surface area contributed by atoms with E-state index in [0.717, 1.165) is 22.3 Å². The highest BCUT2D eigenvalue weighted by Gasteiger charge is 2.25. The number of nitro benzene ring substituents is 1. The van der Waals surface area contributed by atoms with Gasteiger partial charge in [-0.25, -0.2) is 4.98 Å². The van der Waals surface area contributed by atoms with Crippen LogP contribution in [0.2, 0.25) is 0 Å². The maximum Gasteiger partial charge on any atom is 0.273 e. The smallest absolute Gasteiger partial charge is 0.273 e. The number of piperazine rings is 1. The van der Waals surface area contributed by atoms with Crippen molar-refractivity contribution in [2.24, 2.45) is 0 Å².